The van der Waals surface area contributed by atoms with E-state index in [0.717, 1.165) is 25.0 Å². The molecule has 0 spiro atoms. The van der Waals surface area contributed by atoms with Crippen molar-refractivity contribution in [2.24, 2.45) is 5.92 Å². The number of hydrogen-bond donors (Lipinski definition) is 1. The Balaban J connectivity index is 1.59. The first-order chi connectivity index (χ1) is 9.83. The van der Waals surface area contributed by atoms with Crippen molar-refractivity contribution < 1.29 is 4.79 Å². The van der Waals surface area contributed by atoms with E-state index in [9.17, 15) is 4.79 Å². The predicted octanol–water partition coefficient (Wildman–Crippen LogP) is 1.90. The molecular weight excluding hydrogens is 250 g/mol. The number of amides is 1. The van der Waals surface area contributed by atoms with Gasteiger partial charge in [0.15, 0.2) is 0 Å². The Kier molecular flexibility index (Phi) is 3.72. The normalized spacial score (nSPS) is 17.3. The Bertz CT molecular complexity index is 598. The highest BCUT2D eigenvalue weighted by Crippen LogP contribution is 2.25. The molecule has 2 aromatic rings. The monoisotopic (exact) mass is 267 g/mol. The van der Waals surface area contributed by atoms with Crippen LogP contribution in [0.1, 0.15) is 23.2 Å². The molecule has 1 amide bonds. The standard InChI is InChI=1S/C16H17N3O/c20-16(18-10-15-7-8-17-11-19-15)14-6-5-12-3-1-2-4-13(12)9-14/h1-4,7-8,11,14H,5-6,9-10H2,(H,18,20). The number of benzene rings is 1. The molecule has 0 fully saturated rings. The van der Waals surface area contributed by atoms with Crippen LogP contribution < -0.4 is 5.32 Å². The third-order valence-corrected chi connectivity index (χ3v) is 3.80. The van der Waals surface area contributed by atoms with Crippen LogP contribution >= 0.6 is 0 Å². The van der Waals surface area contributed by atoms with Gasteiger partial charge < -0.3 is 5.32 Å². The molecule has 4 nitrogen and oxygen atoms in total. The van der Waals surface area contributed by atoms with Gasteiger partial charge in [0.2, 0.25) is 5.91 Å². The second-order valence-electron chi connectivity index (χ2n) is 5.13. The minimum absolute atomic E-state index is 0.0757. The van der Waals surface area contributed by atoms with Crippen molar-refractivity contribution in [2.75, 3.05) is 0 Å². The first-order valence-corrected chi connectivity index (χ1v) is 6.92. The number of rotatable bonds is 3. The third-order valence-electron chi connectivity index (χ3n) is 3.80. The number of carbonyl (C=O) groups excluding carboxylic acids is 1. The second-order valence-corrected chi connectivity index (χ2v) is 5.13. The van der Waals surface area contributed by atoms with E-state index in [1.165, 1.54) is 17.5 Å². The lowest BCUT2D eigenvalue weighted by Gasteiger charge is -2.23. The highest BCUT2D eigenvalue weighted by atomic mass is 16.1. The quantitative estimate of drug-likeness (QED) is 0.924. The van der Waals surface area contributed by atoms with Crippen molar-refractivity contribution >= 4 is 5.91 Å². The summed E-state index contributed by atoms with van der Waals surface area (Å²) in [4.78, 5) is 20.2. The summed E-state index contributed by atoms with van der Waals surface area (Å²) in [6.07, 6.45) is 5.93. The van der Waals surface area contributed by atoms with E-state index >= 15 is 0 Å². The molecule has 1 aromatic carbocycles. The Morgan fingerprint density at radius 2 is 2.10 bits per heavy atom. The lowest BCUT2D eigenvalue weighted by atomic mass is 9.83. The molecule has 0 radical (unpaired) electrons. The van der Waals surface area contributed by atoms with Crippen LogP contribution in [0.5, 0.6) is 0 Å². The molecule has 3 rings (SSSR count). The molecule has 1 atom stereocenters. The van der Waals surface area contributed by atoms with Crippen LogP contribution in [0.3, 0.4) is 0 Å². The number of carbonyl (C=O) groups is 1. The van der Waals surface area contributed by atoms with Gasteiger partial charge in [0.1, 0.15) is 6.33 Å². The molecular formula is C16H17N3O. The molecule has 0 saturated heterocycles. The first kappa shape index (κ1) is 12.8. The van der Waals surface area contributed by atoms with E-state index in [0.29, 0.717) is 6.54 Å². The van der Waals surface area contributed by atoms with Crippen LogP contribution in [-0.4, -0.2) is 15.9 Å². The summed E-state index contributed by atoms with van der Waals surface area (Å²) in [5.41, 5.74) is 3.53. The van der Waals surface area contributed by atoms with Crippen molar-refractivity contribution in [3.05, 3.63) is 59.7 Å². The van der Waals surface area contributed by atoms with Gasteiger partial charge in [-0.25, -0.2) is 9.97 Å². The molecule has 1 unspecified atom stereocenters. The summed E-state index contributed by atoms with van der Waals surface area (Å²) < 4.78 is 0. The van der Waals surface area contributed by atoms with Crippen LogP contribution in [0.15, 0.2) is 42.9 Å². The fourth-order valence-electron chi connectivity index (χ4n) is 2.67. The van der Waals surface area contributed by atoms with Crippen LogP contribution in [-0.2, 0) is 24.2 Å². The molecule has 1 aromatic heterocycles. The average Bonchev–Trinajstić information content (AvgIpc) is 2.53. The zero-order valence-corrected chi connectivity index (χ0v) is 11.2. The lowest BCUT2D eigenvalue weighted by molar-refractivity contribution is -0.125. The van der Waals surface area contributed by atoms with Crippen molar-refractivity contribution in [3.8, 4) is 0 Å². The van der Waals surface area contributed by atoms with E-state index in [1.807, 2.05) is 12.1 Å². The van der Waals surface area contributed by atoms with E-state index in [2.05, 4.69) is 33.5 Å². The summed E-state index contributed by atoms with van der Waals surface area (Å²) in [5.74, 6) is 0.199. The number of fused-ring (bicyclic) bond motifs is 1. The zero-order chi connectivity index (χ0) is 13.8. The van der Waals surface area contributed by atoms with E-state index < -0.39 is 0 Å². The van der Waals surface area contributed by atoms with E-state index in [1.54, 1.807) is 6.20 Å². The molecule has 20 heavy (non-hydrogen) atoms. The minimum Gasteiger partial charge on any atom is -0.350 e. The maximum Gasteiger partial charge on any atom is 0.223 e. The van der Waals surface area contributed by atoms with Crippen LogP contribution in [0.2, 0.25) is 0 Å². The number of nitrogens with one attached hydrogen (secondary N) is 1. The van der Waals surface area contributed by atoms with Crippen molar-refractivity contribution in [1.29, 1.82) is 0 Å². The fraction of sp³-hybridized carbons (Fsp3) is 0.312. The Hall–Kier alpha value is -2.23. The van der Waals surface area contributed by atoms with E-state index in [4.69, 9.17) is 0 Å². The Morgan fingerprint density at radius 1 is 1.25 bits per heavy atom. The number of nitrogens with zero attached hydrogens (tertiary/aromatic N) is 2. The van der Waals surface area contributed by atoms with Gasteiger partial charge in [-0.2, -0.15) is 0 Å². The van der Waals surface area contributed by atoms with Gasteiger partial charge in [-0.15, -0.1) is 0 Å². The predicted molar refractivity (Wildman–Crippen MR) is 75.8 cm³/mol. The van der Waals surface area contributed by atoms with Crippen molar-refractivity contribution in [3.63, 3.8) is 0 Å². The third kappa shape index (κ3) is 2.85. The molecule has 0 bridgehead atoms. The maximum absolute atomic E-state index is 12.2. The van der Waals surface area contributed by atoms with Crippen molar-refractivity contribution in [1.82, 2.24) is 15.3 Å². The molecule has 1 aliphatic rings. The molecule has 102 valence electrons. The van der Waals surface area contributed by atoms with E-state index in [-0.39, 0.29) is 11.8 Å². The SMILES string of the molecule is O=C(NCc1ccncn1)C1CCc2ccccc2C1. The van der Waals surface area contributed by atoms with Crippen LogP contribution in [0, 0.1) is 5.92 Å². The smallest absolute Gasteiger partial charge is 0.223 e. The lowest BCUT2D eigenvalue weighted by Crippen LogP contribution is -2.33. The van der Waals surface area contributed by atoms with Gasteiger partial charge in [-0.3, -0.25) is 4.79 Å². The topological polar surface area (TPSA) is 54.9 Å². The summed E-state index contributed by atoms with van der Waals surface area (Å²) in [5, 5.41) is 2.97. The van der Waals surface area contributed by atoms with Gasteiger partial charge in [-0.1, -0.05) is 24.3 Å². The molecule has 4 heteroatoms. The highest BCUT2D eigenvalue weighted by Gasteiger charge is 2.24. The minimum atomic E-state index is 0.0757. The maximum atomic E-state index is 12.2. The van der Waals surface area contributed by atoms with Gasteiger partial charge in [0.25, 0.3) is 0 Å². The molecule has 0 aliphatic heterocycles. The molecule has 1 heterocycles. The highest BCUT2D eigenvalue weighted by molar-refractivity contribution is 5.79. The van der Waals surface area contributed by atoms with Crippen molar-refractivity contribution in [2.45, 2.75) is 25.8 Å². The Labute approximate surface area is 118 Å². The molecule has 0 saturated carbocycles. The average molecular weight is 267 g/mol. The summed E-state index contributed by atoms with van der Waals surface area (Å²) in [7, 11) is 0. The van der Waals surface area contributed by atoms with Gasteiger partial charge in [0.05, 0.1) is 12.2 Å². The number of aryl methyl sites for hydroxylation is 1. The molecule has 1 N–H and O–H groups in total. The number of aromatic nitrogens is 2. The largest absolute Gasteiger partial charge is 0.350 e. The fourth-order valence-corrected chi connectivity index (χ4v) is 2.67. The summed E-state index contributed by atoms with van der Waals surface area (Å²) in [6, 6.07) is 10.2. The van der Waals surface area contributed by atoms with Gasteiger partial charge in [-0.05, 0) is 36.5 Å². The first-order valence-electron chi connectivity index (χ1n) is 6.92. The summed E-state index contributed by atoms with van der Waals surface area (Å²) in [6.45, 7) is 0.472. The number of hydrogen-bond acceptors (Lipinski definition) is 3. The van der Waals surface area contributed by atoms with Gasteiger partial charge >= 0.3 is 0 Å². The summed E-state index contributed by atoms with van der Waals surface area (Å²) >= 11 is 0. The van der Waals surface area contributed by atoms with Crippen LogP contribution in [0.4, 0.5) is 0 Å². The molecule has 1 aliphatic carbocycles. The Morgan fingerprint density at radius 3 is 2.90 bits per heavy atom. The zero-order valence-electron chi connectivity index (χ0n) is 11.2. The van der Waals surface area contributed by atoms with Crippen LogP contribution in [0.25, 0.3) is 0 Å². The second kappa shape index (κ2) is 5.82. The van der Waals surface area contributed by atoms with Gasteiger partial charge in [0, 0.05) is 12.1 Å².